The molecule has 1 aliphatic rings. The Kier molecular flexibility index (Phi) is 5.73. The number of ether oxygens (including phenoxy) is 2. The molecular weight excluding hydrogens is 208 g/mol. The second-order valence-electron chi connectivity index (χ2n) is 4.38. The van der Waals surface area contributed by atoms with E-state index in [4.69, 9.17) is 9.47 Å². The number of nitrogens with one attached hydrogen (secondary N) is 2. The number of methoxy groups -OCH3 is 1. The van der Waals surface area contributed by atoms with Gasteiger partial charge in [0.25, 0.3) is 5.91 Å². The van der Waals surface area contributed by atoms with E-state index in [1.807, 2.05) is 0 Å². The zero-order valence-corrected chi connectivity index (χ0v) is 10.3. The summed E-state index contributed by atoms with van der Waals surface area (Å²) in [4.78, 5) is 11.9. The standard InChI is InChI=1S/C11H22N2O3/c1-8(2)9(7-15-3)13-11(14)10-6-12-4-5-16-10/h8-10,12H,4-7H2,1-3H3,(H,13,14). The fourth-order valence-electron chi connectivity index (χ4n) is 1.59. The Morgan fingerprint density at radius 2 is 2.38 bits per heavy atom. The first-order valence-corrected chi connectivity index (χ1v) is 5.76. The van der Waals surface area contributed by atoms with Crippen LogP contribution in [0, 0.1) is 5.92 Å². The van der Waals surface area contributed by atoms with Crippen molar-refractivity contribution in [1.29, 1.82) is 0 Å². The molecule has 0 saturated carbocycles. The van der Waals surface area contributed by atoms with Crippen molar-refractivity contribution in [3.8, 4) is 0 Å². The first kappa shape index (κ1) is 13.4. The van der Waals surface area contributed by atoms with E-state index in [0.717, 1.165) is 6.54 Å². The molecule has 5 heteroatoms. The molecule has 2 unspecified atom stereocenters. The molecule has 1 aliphatic heterocycles. The van der Waals surface area contributed by atoms with Crippen LogP contribution in [-0.4, -0.2) is 51.5 Å². The van der Waals surface area contributed by atoms with Crippen molar-refractivity contribution in [2.75, 3.05) is 33.4 Å². The van der Waals surface area contributed by atoms with E-state index in [2.05, 4.69) is 24.5 Å². The maximum absolute atomic E-state index is 11.9. The van der Waals surface area contributed by atoms with Gasteiger partial charge in [-0.1, -0.05) is 13.8 Å². The number of hydrogen-bond donors (Lipinski definition) is 2. The number of morpholine rings is 1. The Labute approximate surface area is 96.9 Å². The summed E-state index contributed by atoms with van der Waals surface area (Å²) in [5.41, 5.74) is 0. The molecule has 5 nitrogen and oxygen atoms in total. The zero-order valence-electron chi connectivity index (χ0n) is 10.3. The molecule has 1 amide bonds. The largest absolute Gasteiger partial charge is 0.383 e. The zero-order chi connectivity index (χ0) is 12.0. The lowest BCUT2D eigenvalue weighted by molar-refractivity contribution is -0.135. The van der Waals surface area contributed by atoms with Gasteiger partial charge in [-0.3, -0.25) is 4.79 Å². The first-order chi connectivity index (χ1) is 7.65. The minimum Gasteiger partial charge on any atom is -0.383 e. The predicted molar refractivity (Wildman–Crippen MR) is 61.3 cm³/mol. The van der Waals surface area contributed by atoms with Gasteiger partial charge in [-0.25, -0.2) is 0 Å². The average Bonchev–Trinajstić information content (AvgIpc) is 2.29. The van der Waals surface area contributed by atoms with Crippen LogP contribution >= 0.6 is 0 Å². The number of carbonyl (C=O) groups is 1. The number of carbonyl (C=O) groups excluding carboxylic acids is 1. The fourth-order valence-corrected chi connectivity index (χ4v) is 1.59. The van der Waals surface area contributed by atoms with Crippen molar-refractivity contribution in [2.45, 2.75) is 26.0 Å². The lowest BCUT2D eigenvalue weighted by Gasteiger charge is -2.27. The van der Waals surface area contributed by atoms with Gasteiger partial charge in [-0.15, -0.1) is 0 Å². The van der Waals surface area contributed by atoms with Crippen LogP contribution in [-0.2, 0) is 14.3 Å². The quantitative estimate of drug-likeness (QED) is 0.684. The van der Waals surface area contributed by atoms with E-state index in [1.54, 1.807) is 7.11 Å². The fraction of sp³-hybridized carbons (Fsp3) is 0.909. The van der Waals surface area contributed by atoms with Crippen molar-refractivity contribution < 1.29 is 14.3 Å². The highest BCUT2D eigenvalue weighted by atomic mass is 16.5. The van der Waals surface area contributed by atoms with Gasteiger partial charge in [-0.2, -0.15) is 0 Å². The molecule has 2 atom stereocenters. The highest BCUT2D eigenvalue weighted by Gasteiger charge is 2.25. The molecule has 1 heterocycles. The van der Waals surface area contributed by atoms with Crippen LogP contribution in [0.4, 0.5) is 0 Å². The molecule has 0 bridgehead atoms. The molecular formula is C11H22N2O3. The number of hydrogen-bond acceptors (Lipinski definition) is 4. The third-order valence-corrected chi connectivity index (χ3v) is 2.70. The van der Waals surface area contributed by atoms with Gasteiger partial charge < -0.3 is 20.1 Å². The molecule has 0 aliphatic carbocycles. The highest BCUT2D eigenvalue weighted by molar-refractivity contribution is 5.81. The molecule has 0 radical (unpaired) electrons. The summed E-state index contributed by atoms with van der Waals surface area (Å²) in [6.45, 7) is 6.64. The average molecular weight is 230 g/mol. The van der Waals surface area contributed by atoms with Crippen molar-refractivity contribution in [3.63, 3.8) is 0 Å². The third kappa shape index (κ3) is 4.08. The second-order valence-corrected chi connectivity index (χ2v) is 4.38. The topological polar surface area (TPSA) is 59.6 Å². The second kappa shape index (κ2) is 6.83. The summed E-state index contributed by atoms with van der Waals surface area (Å²) in [6, 6.07) is 0.0445. The smallest absolute Gasteiger partial charge is 0.250 e. The normalized spacial score (nSPS) is 23.1. The Balaban J connectivity index is 2.40. The van der Waals surface area contributed by atoms with Crippen LogP contribution in [0.5, 0.6) is 0 Å². The van der Waals surface area contributed by atoms with E-state index < -0.39 is 0 Å². The van der Waals surface area contributed by atoms with Gasteiger partial charge in [0.15, 0.2) is 0 Å². The van der Waals surface area contributed by atoms with Crippen LogP contribution in [0.2, 0.25) is 0 Å². The van der Waals surface area contributed by atoms with Crippen LogP contribution in [0.3, 0.4) is 0 Å². The van der Waals surface area contributed by atoms with E-state index in [0.29, 0.717) is 25.7 Å². The van der Waals surface area contributed by atoms with E-state index in [-0.39, 0.29) is 18.1 Å². The van der Waals surface area contributed by atoms with Gasteiger partial charge >= 0.3 is 0 Å². The Morgan fingerprint density at radius 3 is 2.88 bits per heavy atom. The predicted octanol–water partition coefficient (Wildman–Crippen LogP) is -0.238. The molecule has 1 saturated heterocycles. The summed E-state index contributed by atoms with van der Waals surface area (Å²) < 4.78 is 10.5. The summed E-state index contributed by atoms with van der Waals surface area (Å²) in [7, 11) is 1.64. The Morgan fingerprint density at radius 1 is 1.62 bits per heavy atom. The summed E-state index contributed by atoms with van der Waals surface area (Å²) in [5, 5.41) is 6.09. The lowest BCUT2D eigenvalue weighted by atomic mass is 10.1. The van der Waals surface area contributed by atoms with Crippen molar-refractivity contribution >= 4 is 5.91 Å². The van der Waals surface area contributed by atoms with Gasteiger partial charge in [0.05, 0.1) is 19.3 Å². The van der Waals surface area contributed by atoms with Gasteiger partial charge in [0, 0.05) is 20.2 Å². The maximum Gasteiger partial charge on any atom is 0.250 e. The highest BCUT2D eigenvalue weighted by Crippen LogP contribution is 2.04. The van der Waals surface area contributed by atoms with Crippen LogP contribution in [0.15, 0.2) is 0 Å². The monoisotopic (exact) mass is 230 g/mol. The minimum absolute atomic E-state index is 0.0445. The van der Waals surface area contributed by atoms with E-state index >= 15 is 0 Å². The summed E-state index contributed by atoms with van der Waals surface area (Å²) >= 11 is 0. The van der Waals surface area contributed by atoms with Crippen molar-refractivity contribution in [3.05, 3.63) is 0 Å². The van der Waals surface area contributed by atoms with Crippen molar-refractivity contribution in [2.24, 2.45) is 5.92 Å². The number of rotatable bonds is 5. The van der Waals surface area contributed by atoms with Crippen LogP contribution in [0.25, 0.3) is 0 Å². The third-order valence-electron chi connectivity index (χ3n) is 2.70. The summed E-state index contributed by atoms with van der Waals surface area (Å²) in [6.07, 6.45) is -0.369. The maximum atomic E-state index is 11.9. The van der Waals surface area contributed by atoms with Gasteiger partial charge in [-0.05, 0) is 5.92 Å². The first-order valence-electron chi connectivity index (χ1n) is 5.76. The van der Waals surface area contributed by atoms with Crippen molar-refractivity contribution in [1.82, 2.24) is 10.6 Å². The molecule has 0 aromatic heterocycles. The molecule has 1 rings (SSSR count). The molecule has 2 N–H and O–H groups in total. The molecule has 94 valence electrons. The molecule has 1 fully saturated rings. The molecule has 0 aromatic carbocycles. The minimum atomic E-state index is -0.369. The van der Waals surface area contributed by atoms with Gasteiger partial charge in [0.1, 0.15) is 6.10 Å². The summed E-state index contributed by atoms with van der Waals surface area (Å²) in [5.74, 6) is 0.295. The lowest BCUT2D eigenvalue weighted by Crippen LogP contribution is -2.52. The number of amides is 1. The molecule has 16 heavy (non-hydrogen) atoms. The molecule has 0 aromatic rings. The van der Waals surface area contributed by atoms with Gasteiger partial charge in [0.2, 0.25) is 0 Å². The van der Waals surface area contributed by atoms with E-state index in [1.165, 1.54) is 0 Å². The Bertz CT molecular complexity index is 215. The van der Waals surface area contributed by atoms with E-state index in [9.17, 15) is 4.79 Å². The SMILES string of the molecule is COCC(NC(=O)C1CNCCO1)C(C)C. The van der Waals surface area contributed by atoms with Crippen LogP contribution < -0.4 is 10.6 Å². The van der Waals surface area contributed by atoms with Crippen LogP contribution in [0.1, 0.15) is 13.8 Å². The Hall–Kier alpha value is -0.650. The molecule has 0 spiro atoms.